The summed E-state index contributed by atoms with van der Waals surface area (Å²) >= 11 is 0. The van der Waals surface area contributed by atoms with Gasteiger partial charge in [0.15, 0.2) is 0 Å². The van der Waals surface area contributed by atoms with Crippen molar-refractivity contribution in [2.45, 2.75) is 32.3 Å². The summed E-state index contributed by atoms with van der Waals surface area (Å²) in [6.45, 7) is 4.35. The summed E-state index contributed by atoms with van der Waals surface area (Å²) < 4.78 is 4.99. The number of hydrogen-bond acceptors (Lipinski definition) is 5. The number of methoxy groups -OCH3 is 1. The van der Waals surface area contributed by atoms with Crippen LogP contribution in [0.3, 0.4) is 0 Å². The van der Waals surface area contributed by atoms with Crippen LogP contribution in [0.4, 0.5) is 5.95 Å². The molecular weight excluding hydrogens is 206 g/mol. The molecule has 0 fully saturated rings. The van der Waals surface area contributed by atoms with Crippen molar-refractivity contribution >= 4 is 5.95 Å². The molecule has 0 radical (unpaired) electrons. The Balaban J connectivity index is 2.60. The average Bonchev–Trinajstić information content (AvgIpc) is 2.36. The highest BCUT2D eigenvalue weighted by Crippen LogP contribution is 2.15. The van der Waals surface area contributed by atoms with Gasteiger partial charge in [0.05, 0.1) is 12.7 Å². The molecule has 5 heteroatoms. The maximum Gasteiger partial charge on any atom is 0.226 e. The summed E-state index contributed by atoms with van der Waals surface area (Å²) in [7, 11) is 1.56. The van der Waals surface area contributed by atoms with Crippen molar-refractivity contribution < 1.29 is 9.84 Å². The van der Waals surface area contributed by atoms with Gasteiger partial charge >= 0.3 is 0 Å². The molecule has 5 nitrogen and oxygen atoms in total. The highest BCUT2D eigenvalue weighted by Gasteiger charge is 2.21. The highest BCUT2D eigenvalue weighted by atomic mass is 16.5. The molecule has 0 aromatic carbocycles. The molecule has 0 saturated carbocycles. The third kappa shape index (κ3) is 3.34. The van der Waals surface area contributed by atoms with Crippen LogP contribution in [0.1, 0.15) is 26.7 Å². The predicted octanol–water partition coefficient (Wildman–Crippen LogP) is 1.45. The minimum atomic E-state index is -0.702. The van der Waals surface area contributed by atoms with Crippen LogP contribution in [0.5, 0.6) is 5.88 Å². The first-order valence-electron chi connectivity index (χ1n) is 5.47. The number of hydrogen-bond donors (Lipinski definition) is 2. The zero-order valence-electron chi connectivity index (χ0n) is 10.0. The lowest BCUT2D eigenvalue weighted by Gasteiger charge is -2.25. The summed E-state index contributed by atoms with van der Waals surface area (Å²) in [6, 6.07) is 1.68. The Kier molecular flexibility index (Phi) is 4.49. The molecule has 0 bridgehead atoms. The maximum absolute atomic E-state index is 10.1. The van der Waals surface area contributed by atoms with E-state index in [-0.39, 0.29) is 0 Å². The third-order valence-electron chi connectivity index (χ3n) is 2.73. The fraction of sp³-hybridized carbons (Fsp3) is 0.636. The molecule has 16 heavy (non-hydrogen) atoms. The summed E-state index contributed by atoms with van der Waals surface area (Å²) in [5.41, 5.74) is -0.702. The molecule has 1 rings (SSSR count). The molecule has 0 aliphatic heterocycles. The van der Waals surface area contributed by atoms with Gasteiger partial charge in [0.2, 0.25) is 11.8 Å². The normalized spacial score (nSPS) is 11.2. The minimum absolute atomic E-state index is 0.438. The van der Waals surface area contributed by atoms with E-state index in [4.69, 9.17) is 4.74 Å². The van der Waals surface area contributed by atoms with E-state index >= 15 is 0 Å². The van der Waals surface area contributed by atoms with Gasteiger partial charge in [-0.25, -0.2) is 4.98 Å². The first-order chi connectivity index (χ1) is 7.63. The second-order valence-electron chi connectivity index (χ2n) is 3.71. The van der Waals surface area contributed by atoms with E-state index in [2.05, 4.69) is 15.3 Å². The minimum Gasteiger partial charge on any atom is -0.481 e. The molecule has 1 aromatic rings. The van der Waals surface area contributed by atoms with Crippen molar-refractivity contribution in [1.29, 1.82) is 0 Å². The Bertz CT molecular complexity index is 327. The number of rotatable bonds is 6. The lowest BCUT2D eigenvalue weighted by molar-refractivity contribution is 0.0455. The standard InChI is InChI=1S/C11H19N3O2/c1-4-11(15,5-2)8-13-10-12-7-6-9(14-10)16-3/h6-7,15H,4-5,8H2,1-3H3,(H,12,13,14). The van der Waals surface area contributed by atoms with Gasteiger partial charge in [-0.2, -0.15) is 4.98 Å². The first kappa shape index (κ1) is 12.7. The molecular formula is C11H19N3O2. The maximum atomic E-state index is 10.1. The van der Waals surface area contributed by atoms with Gasteiger partial charge in [-0.15, -0.1) is 0 Å². The van der Waals surface area contributed by atoms with Crippen molar-refractivity contribution in [3.05, 3.63) is 12.3 Å². The van der Waals surface area contributed by atoms with Crippen LogP contribution >= 0.6 is 0 Å². The second-order valence-corrected chi connectivity index (χ2v) is 3.71. The number of nitrogens with zero attached hydrogens (tertiary/aromatic N) is 2. The molecule has 0 saturated heterocycles. The van der Waals surface area contributed by atoms with Crippen LogP contribution in [-0.2, 0) is 0 Å². The zero-order chi connectivity index (χ0) is 12.0. The second kappa shape index (κ2) is 5.65. The number of anilines is 1. The van der Waals surface area contributed by atoms with Gasteiger partial charge in [0.25, 0.3) is 0 Å². The summed E-state index contributed by atoms with van der Waals surface area (Å²) in [6.07, 6.45) is 3.01. The molecule has 90 valence electrons. The highest BCUT2D eigenvalue weighted by molar-refractivity contribution is 5.27. The smallest absolute Gasteiger partial charge is 0.226 e. The van der Waals surface area contributed by atoms with E-state index in [0.717, 1.165) is 0 Å². The largest absolute Gasteiger partial charge is 0.481 e. The molecule has 1 aromatic heterocycles. The number of aromatic nitrogens is 2. The molecule has 0 atom stereocenters. The van der Waals surface area contributed by atoms with Gasteiger partial charge in [-0.1, -0.05) is 13.8 Å². The van der Waals surface area contributed by atoms with E-state index in [1.54, 1.807) is 19.4 Å². The number of ether oxygens (including phenoxy) is 1. The SMILES string of the molecule is CCC(O)(CC)CNc1nccc(OC)n1. The molecule has 0 amide bonds. The van der Waals surface area contributed by atoms with Gasteiger partial charge in [0.1, 0.15) is 0 Å². The third-order valence-corrected chi connectivity index (χ3v) is 2.73. The van der Waals surface area contributed by atoms with Crippen molar-refractivity contribution in [2.24, 2.45) is 0 Å². The summed E-state index contributed by atoms with van der Waals surface area (Å²) in [5, 5.41) is 13.1. The van der Waals surface area contributed by atoms with Gasteiger partial charge in [-0.05, 0) is 12.8 Å². The Morgan fingerprint density at radius 3 is 2.69 bits per heavy atom. The predicted molar refractivity (Wildman–Crippen MR) is 62.6 cm³/mol. The quantitative estimate of drug-likeness (QED) is 0.767. The van der Waals surface area contributed by atoms with Gasteiger partial charge in [-0.3, -0.25) is 0 Å². The topological polar surface area (TPSA) is 67.3 Å². The number of aliphatic hydroxyl groups is 1. The summed E-state index contributed by atoms with van der Waals surface area (Å²) in [5.74, 6) is 0.980. The Morgan fingerprint density at radius 1 is 1.44 bits per heavy atom. The zero-order valence-corrected chi connectivity index (χ0v) is 10.0. The van der Waals surface area contributed by atoms with Gasteiger partial charge < -0.3 is 15.2 Å². The van der Waals surface area contributed by atoms with Crippen molar-refractivity contribution in [3.63, 3.8) is 0 Å². The first-order valence-corrected chi connectivity index (χ1v) is 5.47. The van der Waals surface area contributed by atoms with E-state index < -0.39 is 5.60 Å². The fourth-order valence-corrected chi connectivity index (χ4v) is 1.28. The van der Waals surface area contributed by atoms with Crippen LogP contribution in [0.2, 0.25) is 0 Å². The monoisotopic (exact) mass is 225 g/mol. The lowest BCUT2D eigenvalue weighted by atomic mass is 9.98. The Hall–Kier alpha value is -1.36. The molecule has 0 aliphatic rings. The molecule has 0 spiro atoms. The van der Waals surface area contributed by atoms with Crippen LogP contribution in [0.25, 0.3) is 0 Å². The summed E-state index contributed by atoms with van der Waals surface area (Å²) in [4.78, 5) is 8.15. The van der Waals surface area contributed by atoms with Crippen LogP contribution in [-0.4, -0.2) is 34.3 Å². The lowest BCUT2D eigenvalue weighted by Crippen LogP contribution is -2.35. The van der Waals surface area contributed by atoms with Crippen LogP contribution in [0.15, 0.2) is 12.3 Å². The van der Waals surface area contributed by atoms with Crippen molar-refractivity contribution in [3.8, 4) is 5.88 Å². The van der Waals surface area contributed by atoms with Gasteiger partial charge in [0, 0.05) is 18.8 Å². The van der Waals surface area contributed by atoms with Crippen LogP contribution < -0.4 is 10.1 Å². The van der Waals surface area contributed by atoms with Crippen molar-refractivity contribution in [1.82, 2.24) is 9.97 Å². The molecule has 0 aliphatic carbocycles. The Morgan fingerprint density at radius 2 is 2.12 bits per heavy atom. The van der Waals surface area contributed by atoms with E-state index in [9.17, 15) is 5.11 Å². The van der Waals surface area contributed by atoms with E-state index in [1.165, 1.54) is 0 Å². The van der Waals surface area contributed by atoms with E-state index in [1.807, 2.05) is 13.8 Å². The fourth-order valence-electron chi connectivity index (χ4n) is 1.28. The molecule has 2 N–H and O–H groups in total. The van der Waals surface area contributed by atoms with E-state index in [0.29, 0.717) is 31.2 Å². The Labute approximate surface area is 95.9 Å². The van der Waals surface area contributed by atoms with Crippen molar-refractivity contribution in [2.75, 3.05) is 19.0 Å². The number of nitrogens with one attached hydrogen (secondary N) is 1. The van der Waals surface area contributed by atoms with Crippen LogP contribution in [0, 0.1) is 0 Å². The average molecular weight is 225 g/mol. The molecule has 0 unspecified atom stereocenters. The molecule has 1 heterocycles.